The van der Waals surface area contributed by atoms with E-state index in [4.69, 9.17) is 39.2 Å². The van der Waals surface area contributed by atoms with Crippen molar-refractivity contribution < 1.29 is 9.21 Å². The van der Waals surface area contributed by atoms with Gasteiger partial charge in [0, 0.05) is 10.9 Å². The van der Waals surface area contributed by atoms with E-state index in [0.29, 0.717) is 37.3 Å². The lowest BCUT2D eigenvalue weighted by molar-refractivity contribution is -0.129. The highest BCUT2D eigenvalue weighted by atomic mass is 35.5. The Morgan fingerprint density at radius 3 is 2.41 bits per heavy atom. The van der Waals surface area contributed by atoms with Crippen LogP contribution in [0.4, 0.5) is 0 Å². The number of hydrogen-bond donors (Lipinski definition) is 0. The van der Waals surface area contributed by atoms with Crippen LogP contribution in [0.15, 0.2) is 51.8 Å². The van der Waals surface area contributed by atoms with Crippen LogP contribution in [0.2, 0.25) is 15.1 Å². The molecular weight excluding hydrogens is 453 g/mol. The Kier molecular flexibility index (Phi) is 6.35. The van der Waals surface area contributed by atoms with Gasteiger partial charge in [0.25, 0.3) is 0 Å². The average molecular weight is 469 g/mol. The number of carbonyl (C=O) groups excluding carboxylic acids is 1. The SMILES string of the molecule is O=C(CSc1c(Cl)cccc1Cl)N(Cc1nnc(-c2ccccc2Cl)o1)C1CC1. The molecule has 1 amide bonds. The van der Waals surface area contributed by atoms with E-state index < -0.39 is 0 Å². The second-order valence-corrected chi connectivity index (χ2v) is 8.78. The molecule has 1 heterocycles. The number of amides is 1. The highest BCUT2D eigenvalue weighted by Gasteiger charge is 2.33. The van der Waals surface area contributed by atoms with Crippen molar-refractivity contribution in [1.29, 1.82) is 0 Å². The molecule has 0 spiro atoms. The Bertz CT molecular complexity index is 1020. The smallest absolute Gasteiger partial charge is 0.249 e. The maximum atomic E-state index is 12.9. The van der Waals surface area contributed by atoms with E-state index in [9.17, 15) is 4.79 Å². The first-order chi connectivity index (χ1) is 14.0. The molecule has 0 aliphatic heterocycles. The number of aromatic nitrogens is 2. The molecule has 5 nitrogen and oxygen atoms in total. The van der Waals surface area contributed by atoms with Gasteiger partial charge in [-0.1, -0.05) is 53.0 Å². The van der Waals surface area contributed by atoms with Crippen LogP contribution in [0.5, 0.6) is 0 Å². The van der Waals surface area contributed by atoms with E-state index in [0.717, 1.165) is 12.8 Å². The predicted octanol–water partition coefficient (Wildman–Crippen LogP) is 5.98. The summed E-state index contributed by atoms with van der Waals surface area (Å²) in [5.41, 5.74) is 0.668. The first-order valence-corrected chi connectivity index (χ1v) is 11.1. The van der Waals surface area contributed by atoms with Gasteiger partial charge in [-0.05, 0) is 37.1 Å². The van der Waals surface area contributed by atoms with Crippen molar-refractivity contribution in [3.05, 3.63) is 63.4 Å². The largest absolute Gasteiger partial charge is 0.419 e. The van der Waals surface area contributed by atoms with Crippen LogP contribution < -0.4 is 0 Å². The molecule has 150 valence electrons. The third-order valence-electron chi connectivity index (χ3n) is 4.44. The summed E-state index contributed by atoms with van der Waals surface area (Å²) in [5, 5.41) is 9.78. The lowest BCUT2D eigenvalue weighted by atomic mass is 10.2. The van der Waals surface area contributed by atoms with Crippen LogP contribution in [0.25, 0.3) is 11.5 Å². The van der Waals surface area contributed by atoms with Crippen molar-refractivity contribution in [3.8, 4) is 11.5 Å². The molecule has 0 radical (unpaired) electrons. The third-order valence-corrected chi connectivity index (χ3v) is 6.75. The quantitative estimate of drug-likeness (QED) is 0.399. The average Bonchev–Trinajstić information content (AvgIpc) is 3.44. The van der Waals surface area contributed by atoms with Crippen molar-refractivity contribution in [2.45, 2.75) is 30.3 Å². The number of benzene rings is 2. The fourth-order valence-corrected chi connectivity index (χ4v) is 4.64. The van der Waals surface area contributed by atoms with Crippen LogP contribution in [0, 0.1) is 0 Å². The number of hydrogen-bond acceptors (Lipinski definition) is 5. The summed E-state index contributed by atoms with van der Waals surface area (Å²) >= 11 is 19.9. The van der Waals surface area contributed by atoms with Gasteiger partial charge in [0.1, 0.15) is 0 Å². The van der Waals surface area contributed by atoms with Crippen molar-refractivity contribution in [1.82, 2.24) is 15.1 Å². The van der Waals surface area contributed by atoms with Crippen LogP contribution in [0.1, 0.15) is 18.7 Å². The summed E-state index contributed by atoms with van der Waals surface area (Å²) in [6.07, 6.45) is 1.93. The van der Waals surface area contributed by atoms with E-state index >= 15 is 0 Å². The molecule has 0 unspecified atom stereocenters. The van der Waals surface area contributed by atoms with E-state index in [-0.39, 0.29) is 24.2 Å². The lowest BCUT2D eigenvalue weighted by Crippen LogP contribution is -2.34. The molecule has 0 saturated heterocycles. The Morgan fingerprint density at radius 1 is 1.03 bits per heavy atom. The third kappa shape index (κ3) is 4.89. The standard InChI is InChI=1S/C20H16Cl3N3O2S/c21-14-5-2-1-4-13(14)20-25-24-17(28-20)10-26(12-8-9-12)18(27)11-29-19-15(22)6-3-7-16(19)23/h1-7,12H,8-11H2. The molecule has 0 N–H and O–H groups in total. The molecule has 4 rings (SSSR count). The van der Waals surface area contributed by atoms with Gasteiger partial charge in [-0.3, -0.25) is 4.79 Å². The Hall–Kier alpha value is -1.73. The Morgan fingerprint density at radius 2 is 1.72 bits per heavy atom. The number of nitrogens with zero attached hydrogens (tertiary/aromatic N) is 3. The predicted molar refractivity (Wildman–Crippen MR) is 116 cm³/mol. The molecule has 29 heavy (non-hydrogen) atoms. The van der Waals surface area contributed by atoms with Gasteiger partial charge >= 0.3 is 0 Å². The lowest BCUT2D eigenvalue weighted by Gasteiger charge is -2.20. The van der Waals surface area contributed by atoms with Crippen LogP contribution >= 0.6 is 46.6 Å². The minimum Gasteiger partial charge on any atom is -0.419 e. The highest BCUT2D eigenvalue weighted by molar-refractivity contribution is 8.00. The normalized spacial score (nSPS) is 13.5. The molecule has 1 saturated carbocycles. The van der Waals surface area contributed by atoms with Crippen molar-refractivity contribution in [2.75, 3.05) is 5.75 Å². The minimum atomic E-state index is -0.0222. The van der Waals surface area contributed by atoms with Crippen LogP contribution in [-0.4, -0.2) is 32.8 Å². The molecule has 1 aromatic heterocycles. The van der Waals surface area contributed by atoms with Gasteiger partial charge in [0.15, 0.2) is 0 Å². The molecule has 1 aliphatic rings. The summed E-state index contributed by atoms with van der Waals surface area (Å²) in [6, 6.07) is 12.7. The number of halogens is 3. The Labute approximate surface area is 187 Å². The summed E-state index contributed by atoms with van der Waals surface area (Å²) in [5.74, 6) is 0.920. The van der Waals surface area contributed by atoms with Crippen LogP contribution in [0.3, 0.4) is 0 Å². The fraction of sp³-hybridized carbons (Fsp3) is 0.250. The van der Waals surface area contributed by atoms with Gasteiger partial charge in [0.2, 0.25) is 17.7 Å². The molecule has 0 atom stereocenters. The van der Waals surface area contributed by atoms with E-state index in [2.05, 4.69) is 10.2 Å². The van der Waals surface area contributed by atoms with Crippen molar-refractivity contribution in [2.24, 2.45) is 0 Å². The minimum absolute atomic E-state index is 0.0222. The second kappa shape index (κ2) is 8.96. The van der Waals surface area contributed by atoms with Gasteiger partial charge in [-0.2, -0.15) is 0 Å². The molecular formula is C20H16Cl3N3O2S. The Balaban J connectivity index is 1.45. The van der Waals surface area contributed by atoms with Gasteiger partial charge < -0.3 is 9.32 Å². The van der Waals surface area contributed by atoms with Crippen LogP contribution in [-0.2, 0) is 11.3 Å². The van der Waals surface area contributed by atoms with Gasteiger partial charge in [0.05, 0.1) is 32.9 Å². The molecule has 1 aliphatic carbocycles. The zero-order valence-electron chi connectivity index (χ0n) is 15.1. The van der Waals surface area contributed by atoms with E-state index in [1.54, 1.807) is 29.2 Å². The maximum absolute atomic E-state index is 12.9. The molecule has 0 bridgehead atoms. The first kappa shape index (κ1) is 20.5. The summed E-state index contributed by atoms with van der Waals surface area (Å²) in [4.78, 5) is 15.4. The van der Waals surface area contributed by atoms with E-state index in [1.807, 2.05) is 18.2 Å². The molecule has 3 aromatic rings. The van der Waals surface area contributed by atoms with Crippen molar-refractivity contribution >= 4 is 52.5 Å². The topological polar surface area (TPSA) is 59.2 Å². The summed E-state index contributed by atoms with van der Waals surface area (Å²) in [6.45, 7) is 0.262. The molecule has 2 aromatic carbocycles. The fourth-order valence-electron chi connectivity index (χ4n) is 2.85. The molecule has 9 heteroatoms. The molecule has 1 fully saturated rings. The van der Waals surface area contributed by atoms with Crippen molar-refractivity contribution in [3.63, 3.8) is 0 Å². The summed E-state index contributed by atoms with van der Waals surface area (Å²) < 4.78 is 5.76. The van der Waals surface area contributed by atoms with Gasteiger partial charge in [-0.25, -0.2) is 0 Å². The van der Waals surface area contributed by atoms with E-state index in [1.165, 1.54) is 11.8 Å². The maximum Gasteiger partial charge on any atom is 0.249 e. The number of carbonyl (C=O) groups is 1. The number of thioether (sulfide) groups is 1. The first-order valence-electron chi connectivity index (χ1n) is 8.96. The second-order valence-electron chi connectivity index (χ2n) is 6.57. The zero-order valence-corrected chi connectivity index (χ0v) is 18.2. The summed E-state index contributed by atoms with van der Waals surface area (Å²) in [7, 11) is 0. The monoisotopic (exact) mass is 467 g/mol. The number of rotatable bonds is 7. The van der Waals surface area contributed by atoms with Gasteiger partial charge in [-0.15, -0.1) is 22.0 Å². The highest BCUT2D eigenvalue weighted by Crippen LogP contribution is 2.35. The zero-order chi connectivity index (χ0) is 20.4.